The second-order valence-electron chi connectivity index (χ2n) is 5.72. The number of hydrogen-bond donors (Lipinski definition) is 1. The van der Waals surface area contributed by atoms with E-state index in [1.807, 2.05) is 13.1 Å². The number of esters is 1. The highest BCUT2D eigenvalue weighted by molar-refractivity contribution is 9.10. The van der Waals surface area contributed by atoms with Gasteiger partial charge < -0.3 is 10.1 Å². The number of rotatable bonds is 5. The van der Waals surface area contributed by atoms with Crippen molar-refractivity contribution in [1.82, 2.24) is 9.78 Å². The lowest BCUT2D eigenvalue weighted by Crippen LogP contribution is -2.24. The van der Waals surface area contributed by atoms with Crippen LogP contribution in [0.25, 0.3) is 10.1 Å². The number of ether oxygens (including phenoxy) is 1. The van der Waals surface area contributed by atoms with Crippen molar-refractivity contribution in [3.8, 4) is 0 Å². The third kappa shape index (κ3) is 3.92. The maximum absolute atomic E-state index is 12.4. The lowest BCUT2D eigenvalue weighted by Gasteiger charge is -2.12. The minimum absolute atomic E-state index is 0.119. The summed E-state index contributed by atoms with van der Waals surface area (Å²) >= 11 is 10.8. The molecule has 3 aromatic rings. The van der Waals surface area contributed by atoms with Crippen LogP contribution in [0.15, 0.2) is 35.1 Å². The van der Waals surface area contributed by atoms with E-state index < -0.39 is 5.97 Å². The summed E-state index contributed by atoms with van der Waals surface area (Å²) in [5, 5.41) is 8.17. The van der Waals surface area contributed by atoms with Crippen molar-refractivity contribution in [3.05, 3.63) is 45.0 Å². The number of hydrogen-bond acceptors (Lipinski definition) is 5. The lowest BCUT2D eigenvalue weighted by molar-refractivity contribution is -0.119. The number of thiophene rings is 1. The Morgan fingerprint density at radius 2 is 2.23 bits per heavy atom. The highest BCUT2D eigenvalue weighted by atomic mass is 79.9. The van der Waals surface area contributed by atoms with Crippen LogP contribution in [0.2, 0.25) is 5.02 Å². The van der Waals surface area contributed by atoms with E-state index in [4.69, 9.17) is 16.3 Å². The highest BCUT2D eigenvalue weighted by Crippen LogP contribution is 2.37. The Morgan fingerprint density at radius 3 is 2.88 bits per heavy atom. The summed E-state index contributed by atoms with van der Waals surface area (Å²) in [6, 6.07) is 5.34. The van der Waals surface area contributed by atoms with E-state index >= 15 is 0 Å². The first kappa shape index (κ1) is 18.9. The fourth-order valence-corrected chi connectivity index (χ4v) is 4.23. The molecule has 136 valence electrons. The molecule has 1 aromatic carbocycles. The van der Waals surface area contributed by atoms with Crippen LogP contribution in [0, 0.1) is 5.92 Å². The number of amides is 1. The Kier molecular flexibility index (Phi) is 5.64. The molecule has 0 spiro atoms. The van der Waals surface area contributed by atoms with Gasteiger partial charge in [-0.15, -0.1) is 11.3 Å². The molecule has 0 saturated heterocycles. The van der Waals surface area contributed by atoms with Crippen LogP contribution < -0.4 is 5.32 Å². The molecule has 3 rings (SSSR count). The number of nitrogens with zero attached hydrogens (tertiary/aromatic N) is 2. The van der Waals surface area contributed by atoms with Crippen LogP contribution in [0.5, 0.6) is 0 Å². The maximum Gasteiger partial charge on any atom is 0.349 e. The van der Waals surface area contributed by atoms with Crippen LogP contribution >= 0.6 is 38.9 Å². The molecule has 1 amide bonds. The van der Waals surface area contributed by atoms with E-state index in [1.54, 1.807) is 29.1 Å². The molecule has 0 aliphatic heterocycles. The predicted octanol–water partition coefficient (Wildman–Crippen LogP) is 4.58. The van der Waals surface area contributed by atoms with Crippen molar-refractivity contribution in [2.45, 2.75) is 13.5 Å². The number of aromatic nitrogens is 2. The Labute approximate surface area is 167 Å². The Bertz CT molecular complexity index is 985. The molecule has 9 heteroatoms. The minimum Gasteiger partial charge on any atom is -0.465 e. The van der Waals surface area contributed by atoms with Crippen molar-refractivity contribution in [2.24, 2.45) is 5.92 Å². The van der Waals surface area contributed by atoms with E-state index in [0.29, 0.717) is 22.1 Å². The van der Waals surface area contributed by atoms with Gasteiger partial charge in [0.25, 0.3) is 0 Å². The van der Waals surface area contributed by atoms with Gasteiger partial charge in [-0.25, -0.2) is 4.79 Å². The average molecular weight is 457 g/mol. The molecule has 0 fully saturated rings. The largest absolute Gasteiger partial charge is 0.465 e. The molecule has 0 aliphatic rings. The van der Waals surface area contributed by atoms with Gasteiger partial charge in [0.2, 0.25) is 5.91 Å². The summed E-state index contributed by atoms with van der Waals surface area (Å²) in [4.78, 5) is 24.5. The van der Waals surface area contributed by atoms with Gasteiger partial charge in [0.05, 0.1) is 35.3 Å². The first-order valence-electron chi connectivity index (χ1n) is 7.68. The third-order valence-electron chi connectivity index (χ3n) is 3.78. The van der Waals surface area contributed by atoms with E-state index in [9.17, 15) is 9.59 Å². The minimum atomic E-state index is -0.471. The van der Waals surface area contributed by atoms with Gasteiger partial charge in [0, 0.05) is 22.0 Å². The Morgan fingerprint density at radius 1 is 1.46 bits per heavy atom. The van der Waals surface area contributed by atoms with Crippen LogP contribution in [0.1, 0.15) is 16.6 Å². The molecule has 0 bridgehead atoms. The number of halogens is 2. The molecular formula is C17H15BrClN3O3S. The number of fused-ring (bicyclic) bond motifs is 1. The van der Waals surface area contributed by atoms with Gasteiger partial charge in [0.15, 0.2) is 0 Å². The highest BCUT2D eigenvalue weighted by Gasteiger charge is 2.19. The number of nitrogens with one attached hydrogen (secondary N) is 1. The van der Waals surface area contributed by atoms with Crippen molar-refractivity contribution in [2.75, 3.05) is 12.4 Å². The summed E-state index contributed by atoms with van der Waals surface area (Å²) in [7, 11) is 1.31. The summed E-state index contributed by atoms with van der Waals surface area (Å²) in [6.07, 6.45) is 3.50. The predicted molar refractivity (Wildman–Crippen MR) is 106 cm³/mol. The van der Waals surface area contributed by atoms with Crippen molar-refractivity contribution >= 4 is 66.5 Å². The number of methoxy groups -OCH3 is 1. The third-order valence-corrected chi connectivity index (χ3v) is 5.82. The lowest BCUT2D eigenvalue weighted by atomic mass is 10.1. The van der Waals surface area contributed by atoms with Gasteiger partial charge in [-0.05, 0) is 34.1 Å². The maximum atomic E-state index is 12.4. The van der Waals surface area contributed by atoms with Gasteiger partial charge in [-0.3, -0.25) is 9.48 Å². The quantitative estimate of drug-likeness (QED) is 0.571. The Balaban J connectivity index is 1.75. The first-order valence-corrected chi connectivity index (χ1v) is 9.67. The van der Waals surface area contributed by atoms with E-state index in [-0.39, 0.29) is 11.8 Å². The normalized spacial score (nSPS) is 12.2. The van der Waals surface area contributed by atoms with Gasteiger partial charge in [0.1, 0.15) is 4.88 Å². The Hall–Kier alpha value is -1.90. The SMILES string of the molecule is COC(=O)c1sc2cc(NC(=O)C(C)Cn3cc(Br)cn3)ccc2c1Cl. The molecule has 1 atom stereocenters. The summed E-state index contributed by atoms with van der Waals surface area (Å²) in [6.45, 7) is 2.30. The first-order chi connectivity index (χ1) is 12.4. The molecule has 1 unspecified atom stereocenters. The zero-order valence-electron chi connectivity index (χ0n) is 14.0. The van der Waals surface area contributed by atoms with Crippen LogP contribution in [-0.2, 0) is 16.1 Å². The summed E-state index contributed by atoms with van der Waals surface area (Å²) in [5.74, 6) is -0.859. The van der Waals surface area contributed by atoms with Crippen LogP contribution in [-0.4, -0.2) is 28.8 Å². The smallest absolute Gasteiger partial charge is 0.349 e. The van der Waals surface area contributed by atoms with E-state index in [2.05, 4.69) is 26.3 Å². The molecule has 26 heavy (non-hydrogen) atoms. The molecule has 1 N–H and O–H groups in total. The fraction of sp³-hybridized carbons (Fsp3) is 0.235. The van der Waals surface area contributed by atoms with Gasteiger partial charge in [-0.1, -0.05) is 18.5 Å². The number of carbonyl (C=O) groups is 2. The number of benzene rings is 1. The standard InChI is InChI=1S/C17H15BrClN3O3S/c1-9(7-22-8-10(18)6-20-22)16(23)21-11-3-4-12-13(5-11)26-15(14(12)19)17(24)25-2/h3-6,8-9H,7H2,1-2H3,(H,21,23). The zero-order chi connectivity index (χ0) is 18.8. The monoisotopic (exact) mass is 455 g/mol. The van der Waals surface area contributed by atoms with Gasteiger partial charge in [-0.2, -0.15) is 5.10 Å². The van der Waals surface area contributed by atoms with Crippen LogP contribution in [0.4, 0.5) is 5.69 Å². The van der Waals surface area contributed by atoms with E-state index in [0.717, 1.165) is 14.6 Å². The average Bonchev–Trinajstić information content (AvgIpc) is 3.17. The summed E-state index contributed by atoms with van der Waals surface area (Å²) in [5.41, 5.74) is 0.644. The number of carbonyl (C=O) groups excluding carboxylic acids is 2. The van der Waals surface area contributed by atoms with Crippen molar-refractivity contribution < 1.29 is 14.3 Å². The summed E-state index contributed by atoms with van der Waals surface area (Å²) < 4.78 is 8.11. The van der Waals surface area contributed by atoms with Crippen molar-refractivity contribution in [3.63, 3.8) is 0 Å². The second-order valence-corrected chi connectivity index (χ2v) is 8.06. The molecular weight excluding hydrogens is 442 g/mol. The van der Waals surface area contributed by atoms with Crippen molar-refractivity contribution in [1.29, 1.82) is 0 Å². The molecule has 2 aromatic heterocycles. The van der Waals surface area contributed by atoms with Gasteiger partial charge >= 0.3 is 5.97 Å². The molecule has 2 heterocycles. The number of anilines is 1. The molecule has 0 saturated carbocycles. The molecule has 6 nitrogen and oxygen atoms in total. The van der Waals surface area contributed by atoms with E-state index in [1.165, 1.54) is 18.4 Å². The zero-order valence-corrected chi connectivity index (χ0v) is 17.1. The molecule has 0 aliphatic carbocycles. The second kappa shape index (κ2) is 7.77. The topological polar surface area (TPSA) is 73.2 Å². The fourth-order valence-electron chi connectivity index (χ4n) is 2.43. The van der Waals surface area contributed by atoms with Crippen LogP contribution in [0.3, 0.4) is 0 Å². The molecule has 0 radical (unpaired) electrons.